The third-order valence-electron chi connectivity index (χ3n) is 4.41. The SMILES string of the molecule is CCOC(=O)c1c(NC(=O)COC(=O)c2c(F)cccc2Cl)sc2c1CCCC2. The molecule has 2 aromatic rings. The minimum atomic E-state index is -1.04. The average molecular weight is 440 g/mol. The highest BCUT2D eigenvalue weighted by Gasteiger charge is 2.27. The minimum absolute atomic E-state index is 0.106. The molecule has 1 N–H and O–H groups in total. The van der Waals surface area contributed by atoms with Gasteiger partial charge in [0, 0.05) is 4.88 Å². The summed E-state index contributed by atoms with van der Waals surface area (Å²) in [5.74, 6) is -3.01. The second kappa shape index (κ2) is 9.37. The summed E-state index contributed by atoms with van der Waals surface area (Å²) in [5.41, 5.74) is 0.842. The van der Waals surface area contributed by atoms with Crippen LogP contribution in [0.2, 0.25) is 5.02 Å². The Balaban J connectivity index is 1.71. The lowest BCUT2D eigenvalue weighted by Crippen LogP contribution is -2.22. The Bertz CT molecular complexity index is 938. The number of nitrogens with one attached hydrogen (secondary N) is 1. The van der Waals surface area contributed by atoms with E-state index in [0.717, 1.165) is 42.2 Å². The second-order valence-electron chi connectivity index (χ2n) is 6.36. The van der Waals surface area contributed by atoms with Crippen molar-refractivity contribution in [1.82, 2.24) is 0 Å². The molecular weight excluding hydrogens is 421 g/mol. The smallest absolute Gasteiger partial charge is 0.343 e. The first-order valence-electron chi connectivity index (χ1n) is 9.15. The van der Waals surface area contributed by atoms with Gasteiger partial charge < -0.3 is 14.8 Å². The van der Waals surface area contributed by atoms with Gasteiger partial charge in [0.05, 0.1) is 17.2 Å². The highest BCUT2D eigenvalue weighted by molar-refractivity contribution is 7.17. The number of ether oxygens (including phenoxy) is 2. The van der Waals surface area contributed by atoms with Crippen LogP contribution in [0, 0.1) is 5.82 Å². The topological polar surface area (TPSA) is 81.7 Å². The zero-order valence-electron chi connectivity index (χ0n) is 15.7. The summed E-state index contributed by atoms with van der Waals surface area (Å²) in [4.78, 5) is 37.8. The van der Waals surface area contributed by atoms with Crippen LogP contribution in [-0.2, 0) is 27.1 Å². The van der Waals surface area contributed by atoms with Crippen molar-refractivity contribution in [2.45, 2.75) is 32.6 Å². The van der Waals surface area contributed by atoms with E-state index in [9.17, 15) is 18.8 Å². The average Bonchev–Trinajstić information content (AvgIpc) is 3.04. The number of esters is 2. The van der Waals surface area contributed by atoms with Gasteiger partial charge in [0.1, 0.15) is 16.4 Å². The van der Waals surface area contributed by atoms with Gasteiger partial charge in [-0.25, -0.2) is 14.0 Å². The van der Waals surface area contributed by atoms with Gasteiger partial charge in [-0.3, -0.25) is 4.79 Å². The van der Waals surface area contributed by atoms with Crippen LogP contribution in [0.15, 0.2) is 18.2 Å². The Morgan fingerprint density at radius 2 is 1.86 bits per heavy atom. The molecule has 6 nitrogen and oxygen atoms in total. The van der Waals surface area contributed by atoms with E-state index in [0.29, 0.717) is 10.6 Å². The van der Waals surface area contributed by atoms with Gasteiger partial charge in [0.2, 0.25) is 0 Å². The van der Waals surface area contributed by atoms with E-state index in [1.807, 2.05) is 0 Å². The van der Waals surface area contributed by atoms with Crippen molar-refractivity contribution in [2.24, 2.45) is 0 Å². The molecule has 1 amide bonds. The molecule has 0 unspecified atom stereocenters. The minimum Gasteiger partial charge on any atom is -0.462 e. The van der Waals surface area contributed by atoms with Gasteiger partial charge in [-0.2, -0.15) is 0 Å². The summed E-state index contributed by atoms with van der Waals surface area (Å²) >= 11 is 7.15. The Morgan fingerprint density at radius 3 is 2.59 bits per heavy atom. The summed E-state index contributed by atoms with van der Waals surface area (Å²) in [6, 6.07) is 3.78. The lowest BCUT2D eigenvalue weighted by Gasteiger charge is -2.12. The number of halogens is 2. The van der Waals surface area contributed by atoms with Crippen molar-refractivity contribution in [1.29, 1.82) is 0 Å². The number of hydrogen-bond donors (Lipinski definition) is 1. The van der Waals surface area contributed by atoms with Crippen molar-refractivity contribution in [3.05, 3.63) is 50.6 Å². The Labute approximate surface area is 176 Å². The molecule has 9 heteroatoms. The van der Waals surface area contributed by atoms with Crippen molar-refractivity contribution in [3.63, 3.8) is 0 Å². The number of aryl methyl sites for hydroxylation is 1. The summed E-state index contributed by atoms with van der Waals surface area (Å²) in [5, 5.41) is 2.89. The van der Waals surface area contributed by atoms with Crippen LogP contribution < -0.4 is 5.32 Å². The van der Waals surface area contributed by atoms with Crippen LogP contribution in [0.1, 0.15) is 50.9 Å². The van der Waals surface area contributed by atoms with Crippen LogP contribution >= 0.6 is 22.9 Å². The molecule has 1 aromatic carbocycles. The molecule has 1 aliphatic carbocycles. The van der Waals surface area contributed by atoms with E-state index in [4.69, 9.17) is 21.1 Å². The second-order valence-corrected chi connectivity index (χ2v) is 7.87. The Hall–Kier alpha value is -2.45. The number of benzene rings is 1. The lowest BCUT2D eigenvalue weighted by atomic mass is 9.95. The standard InChI is InChI=1S/C20H19ClFNO5S/c1-2-27-19(25)16-11-6-3-4-9-14(11)29-18(16)23-15(24)10-28-20(26)17-12(21)7-5-8-13(17)22/h5,7-8H,2-4,6,9-10H2,1H3,(H,23,24). The first-order chi connectivity index (χ1) is 13.9. The number of rotatable bonds is 6. The molecule has 0 aliphatic heterocycles. The van der Waals surface area contributed by atoms with Gasteiger partial charge in [0.15, 0.2) is 6.61 Å². The van der Waals surface area contributed by atoms with Gasteiger partial charge >= 0.3 is 11.9 Å². The fraction of sp³-hybridized carbons (Fsp3) is 0.350. The van der Waals surface area contributed by atoms with E-state index >= 15 is 0 Å². The predicted octanol–water partition coefficient (Wildman–Crippen LogP) is 4.39. The molecule has 0 radical (unpaired) electrons. The van der Waals surface area contributed by atoms with Crippen LogP contribution in [0.3, 0.4) is 0 Å². The summed E-state index contributed by atoms with van der Waals surface area (Å²) < 4.78 is 23.8. The Kier molecular flexibility index (Phi) is 6.87. The number of carbonyl (C=O) groups is 3. The van der Waals surface area contributed by atoms with Crippen LogP contribution in [-0.4, -0.2) is 31.1 Å². The summed E-state index contributed by atoms with van der Waals surface area (Å²) in [7, 11) is 0. The normalized spacial score (nSPS) is 12.8. The lowest BCUT2D eigenvalue weighted by molar-refractivity contribution is -0.119. The Morgan fingerprint density at radius 1 is 1.14 bits per heavy atom. The zero-order chi connectivity index (χ0) is 21.0. The number of amides is 1. The van der Waals surface area contributed by atoms with Crippen LogP contribution in [0.5, 0.6) is 0 Å². The van der Waals surface area contributed by atoms with Gasteiger partial charge in [-0.1, -0.05) is 17.7 Å². The number of thiophene rings is 1. The van der Waals surface area contributed by atoms with Crippen molar-refractivity contribution in [2.75, 3.05) is 18.5 Å². The van der Waals surface area contributed by atoms with Crippen molar-refractivity contribution >= 4 is 45.8 Å². The molecule has 0 spiro atoms. The summed E-state index contributed by atoms with van der Waals surface area (Å²) in [6.45, 7) is 1.29. The highest BCUT2D eigenvalue weighted by Crippen LogP contribution is 2.38. The van der Waals surface area contributed by atoms with Crippen molar-refractivity contribution < 1.29 is 28.2 Å². The molecule has 1 heterocycles. The van der Waals surface area contributed by atoms with E-state index in [1.54, 1.807) is 6.92 Å². The van der Waals surface area contributed by atoms with Gasteiger partial charge in [-0.05, 0) is 50.3 Å². The molecule has 0 bridgehead atoms. The first-order valence-corrected chi connectivity index (χ1v) is 10.3. The fourth-order valence-electron chi connectivity index (χ4n) is 3.13. The third kappa shape index (κ3) is 4.76. The van der Waals surface area contributed by atoms with Crippen LogP contribution in [0.25, 0.3) is 0 Å². The van der Waals surface area contributed by atoms with E-state index in [-0.39, 0.29) is 11.6 Å². The molecule has 0 saturated carbocycles. The van der Waals surface area contributed by atoms with Crippen LogP contribution in [0.4, 0.5) is 9.39 Å². The number of carbonyl (C=O) groups excluding carboxylic acids is 3. The molecule has 0 saturated heterocycles. The number of fused-ring (bicyclic) bond motifs is 1. The first kappa shape index (κ1) is 21.3. The molecule has 3 rings (SSSR count). The molecular formula is C20H19ClFNO5S. The van der Waals surface area contributed by atoms with E-state index in [2.05, 4.69) is 5.32 Å². The quantitative estimate of drug-likeness (QED) is 0.675. The summed E-state index contributed by atoms with van der Waals surface area (Å²) in [6.07, 6.45) is 3.56. The molecule has 1 aliphatic rings. The van der Waals surface area contributed by atoms with E-state index < -0.39 is 35.8 Å². The third-order valence-corrected chi connectivity index (χ3v) is 5.93. The van der Waals surface area contributed by atoms with Gasteiger partial charge in [-0.15, -0.1) is 11.3 Å². The zero-order valence-corrected chi connectivity index (χ0v) is 17.3. The fourth-order valence-corrected chi connectivity index (χ4v) is 4.67. The maximum Gasteiger partial charge on any atom is 0.343 e. The predicted molar refractivity (Wildman–Crippen MR) is 107 cm³/mol. The van der Waals surface area contributed by atoms with Crippen molar-refractivity contribution in [3.8, 4) is 0 Å². The van der Waals surface area contributed by atoms with E-state index in [1.165, 1.54) is 23.5 Å². The molecule has 0 fully saturated rings. The monoisotopic (exact) mass is 439 g/mol. The maximum absolute atomic E-state index is 13.8. The molecule has 29 heavy (non-hydrogen) atoms. The van der Waals surface area contributed by atoms with Gasteiger partial charge in [0.25, 0.3) is 5.91 Å². The molecule has 0 atom stereocenters. The largest absolute Gasteiger partial charge is 0.462 e. The number of anilines is 1. The maximum atomic E-state index is 13.8. The molecule has 1 aromatic heterocycles. The molecule has 154 valence electrons. The number of hydrogen-bond acceptors (Lipinski definition) is 6. The highest BCUT2D eigenvalue weighted by atomic mass is 35.5.